The highest BCUT2D eigenvalue weighted by molar-refractivity contribution is 7.13. The van der Waals surface area contributed by atoms with Crippen LogP contribution in [-0.4, -0.2) is 69.6 Å². The first-order valence-corrected chi connectivity index (χ1v) is 9.19. The Balaban J connectivity index is 1.60. The third kappa shape index (κ3) is 3.93. The molecule has 2 amide bonds. The highest BCUT2D eigenvalue weighted by Gasteiger charge is 2.29. The van der Waals surface area contributed by atoms with E-state index in [0.717, 1.165) is 10.6 Å². The van der Waals surface area contributed by atoms with E-state index in [1.165, 1.54) is 21.1 Å². The van der Waals surface area contributed by atoms with Gasteiger partial charge < -0.3 is 14.9 Å². The van der Waals surface area contributed by atoms with Crippen molar-refractivity contribution >= 4 is 29.1 Å². The first-order valence-electron chi connectivity index (χ1n) is 8.31. The molecule has 1 aliphatic rings. The van der Waals surface area contributed by atoms with Gasteiger partial charge >= 0.3 is 5.97 Å². The molecule has 0 radical (unpaired) electrons. The van der Waals surface area contributed by atoms with E-state index < -0.39 is 11.9 Å². The Hall–Kier alpha value is -2.68. The minimum atomic E-state index is -0.885. The smallest absolute Gasteiger partial charge is 0.308 e. The number of aliphatic carboxylic acids is 1. The van der Waals surface area contributed by atoms with Crippen LogP contribution >= 0.6 is 11.3 Å². The summed E-state index contributed by atoms with van der Waals surface area (Å²) >= 11 is 1.54. The summed E-state index contributed by atoms with van der Waals surface area (Å²) in [6.45, 7) is 0.614. The second kappa shape index (κ2) is 7.69. The number of thiophene rings is 1. The standard InChI is InChI=1S/C17H20N4O4S/c1-20(10-15(22)21-6-2-4-11(9-21)17(24)25)16(23)13-8-12(18-19-13)14-5-3-7-26-14/h3,5,7-8,11H,2,4,6,9-10H2,1H3,(H,18,19)(H,24,25). The predicted molar refractivity (Wildman–Crippen MR) is 95.8 cm³/mol. The van der Waals surface area contributed by atoms with Crippen molar-refractivity contribution in [3.8, 4) is 10.6 Å². The number of carboxylic acids is 1. The zero-order chi connectivity index (χ0) is 18.7. The van der Waals surface area contributed by atoms with Crippen LogP contribution in [0.4, 0.5) is 0 Å². The molecule has 9 heteroatoms. The number of carbonyl (C=O) groups excluding carboxylic acids is 2. The largest absolute Gasteiger partial charge is 0.481 e. The molecule has 0 aliphatic carbocycles. The Bertz CT molecular complexity index is 802. The number of likely N-dealkylation sites (N-methyl/N-ethyl adjacent to an activating group) is 1. The van der Waals surface area contributed by atoms with Crippen LogP contribution in [0.2, 0.25) is 0 Å². The van der Waals surface area contributed by atoms with Gasteiger partial charge in [0.2, 0.25) is 5.91 Å². The summed E-state index contributed by atoms with van der Waals surface area (Å²) in [7, 11) is 1.54. The molecule has 2 aromatic heterocycles. The topological polar surface area (TPSA) is 107 Å². The average Bonchev–Trinajstić information content (AvgIpc) is 3.32. The molecule has 8 nitrogen and oxygen atoms in total. The van der Waals surface area contributed by atoms with E-state index in [-0.39, 0.29) is 30.6 Å². The normalized spacial score (nSPS) is 17.1. The lowest BCUT2D eigenvalue weighted by atomic mass is 9.98. The molecule has 1 aliphatic heterocycles. The maximum absolute atomic E-state index is 12.5. The third-order valence-corrected chi connectivity index (χ3v) is 5.33. The lowest BCUT2D eigenvalue weighted by Gasteiger charge is -2.31. The van der Waals surface area contributed by atoms with Crippen molar-refractivity contribution in [3.63, 3.8) is 0 Å². The van der Waals surface area contributed by atoms with Crippen molar-refractivity contribution in [2.75, 3.05) is 26.7 Å². The molecule has 0 saturated carbocycles. The summed E-state index contributed by atoms with van der Waals surface area (Å²) in [5.41, 5.74) is 0.995. The molecule has 3 heterocycles. The number of carboxylic acid groups (broad SMARTS) is 1. The summed E-state index contributed by atoms with van der Waals surface area (Å²) < 4.78 is 0. The summed E-state index contributed by atoms with van der Waals surface area (Å²) in [5, 5.41) is 17.9. The second-order valence-corrected chi connectivity index (χ2v) is 7.27. The Morgan fingerprint density at radius 1 is 1.46 bits per heavy atom. The molecule has 0 aromatic carbocycles. The molecule has 2 N–H and O–H groups in total. The van der Waals surface area contributed by atoms with Crippen molar-refractivity contribution < 1.29 is 19.5 Å². The fourth-order valence-corrected chi connectivity index (χ4v) is 3.66. The number of nitrogens with zero attached hydrogens (tertiary/aromatic N) is 3. The van der Waals surface area contributed by atoms with Crippen LogP contribution < -0.4 is 0 Å². The molecule has 2 aromatic rings. The number of likely N-dealkylation sites (tertiary alicyclic amines) is 1. The SMILES string of the molecule is CN(CC(=O)N1CCCC(C(=O)O)C1)C(=O)c1cc(-c2cccs2)[nH]n1. The van der Waals surface area contributed by atoms with Gasteiger partial charge in [-0.3, -0.25) is 19.5 Å². The minimum absolute atomic E-state index is 0.105. The quantitative estimate of drug-likeness (QED) is 0.823. The predicted octanol–water partition coefficient (Wildman–Crippen LogP) is 1.53. The van der Waals surface area contributed by atoms with Gasteiger partial charge in [-0.15, -0.1) is 11.3 Å². The van der Waals surface area contributed by atoms with Crippen molar-refractivity contribution in [2.24, 2.45) is 5.92 Å². The monoisotopic (exact) mass is 376 g/mol. The second-order valence-electron chi connectivity index (χ2n) is 6.32. The van der Waals surface area contributed by atoms with Crippen molar-refractivity contribution in [2.45, 2.75) is 12.8 Å². The Morgan fingerprint density at radius 3 is 2.96 bits per heavy atom. The number of H-pyrrole nitrogens is 1. The van der Waals surface area contributed by atoms with Crippen LogP contribution in [0, 0.1) is 5.92 Å². The van der Waals surface area contributed by atoms with E-state index in [1.807, 2.05) is 17.5 Å². The van der Waals surface area contributed by atoms with Gasteiger partial charge in [-0.2, -0.15) is 5.10 Å². The summed E-state index contributed by atoms with van der Waals surface area (Å²) in [4.78, 5) is 39.8. The van der Waals surface area contributed by atoms with Gasteiger partial charge in [0.05, 0.1) is 23.0 Å². The molecular formula is C17H20N4O4S. The van der Waals surface area contributed by atoms with Crippen LogP contribution in [0.25, 0.3) is 10.6 Å². The van der Waals surface area contributed by atoms with Crippen LogP contribution in [0.15, 0.2) is 23.6 Å². The average molecular weight is 376 g/mol. The minimum Gasteiger partial charge on any atom is -0.481 e. The van der Waals surface area contributed by atoms with Crippen molar-refractivity contribution in [1.29, 1.82) is 0 Å². The number of piperidine rings is 1. The van der Waals surface area contributed by atoms with E-state index in [4.69, 9.17) is 5.11 Å². The Morgan fingerprint density at radius 2 is 2.27 bits per heavy atom. The van der Waals surface area contributed by atoms with Crippen molar-refractivity contribution in [3.05, 3.63) is 29.3 Å². The van der Waals surface area contributed by atoms with Crippen LogP contribution in [0.5, 0.6) is 0 Å². The lowest BCUT2D eigenvalue weighted by Crippen LogP contribution is -2.46. The van der Waals surface area contributed by atoms with Gasteiger partial charge in [0.25, 0.3) is 5.91 Å². The lowest BCUT2D eigenvalue weighted by molar-refractivity contribution is -0.145. The highest BCUT2D eigenvalue weighted by Crippen LogP contribution is 2.23. The van der Waals surface area contributed by atoms with Gasteiger partial charge in [0.1, 0.15) is 0 Å². The summed E-state index contributed by atoms with van der Waals surface area (Å²) in [6, 6.07) is 5.50. The van der Waals surface area contributed by atoms with Gasteiger partial charge in [-0.25, -0.2) is 0 Å². The first-order chi connectivity index (χ1) is 12.5. The van der Waals surface area contributed by atoms with E-state index in [1.54, 1.807) is 13.1 Å². The molecule has 26 heavy (non-hydrogen) atoms. The van der Waals surface area contributed by atoms with Gasteiger partial charge in [0, 0.05) is 20.1 Å². The zero-order valence-corrected chi connectivity index (χ0v) is 15.2. The molecule has 0 spiro atoms. The molecule has 1 atom stereocenters. The number of amides is 2. The number of aromatic amines is 1. The fraction of sp³-hybridized carbons (Fsp3) is 0.412. The molecule has 0 bridgehead atoms. The summed E-state index contributed by atoms with van der Waals surface area (Å²) in [6.07, 6.45) is 1.23. The number of hydrogen-bond donors (Lipinski definition) is 2. The molecule has 1 fully saturated rings. The molecule has 1 saturated heterocycles. The maximum Gasteiger partial charge on any atom is 0.308 e. The molecule has 138 valence electrons. The number of rotatable bonds is 5. The Labute approximate surface area is 154 Å². The van der Waals surface area contributed by atoms with E-state index in [0.29, 0.717) is 19.4 Å². The Kier molecular flexibility index (Phi) is 5.36. The van der Waals surface area contributed by atoms with Crippen LogP contribution in [0.3, 0.4) is 0 Å². The van der Waals surface area contributed by atoms with Crippen molar-refractivity contribution in [1.82, 2.24) is 20.0 Å². The zero-order valence-electron chi connectivity index (χ0n) is 14.3. The van der Waals surface area contributed by atoms with E-state index in [9.17, 15) is 14.4 Å². The van der Waals surface area contributed by atoms with Crippen LogP contribution in [-0.2, 0) is 9.59 Å². The first kappa shape index (κ1) is 18.1. The fourth-order valence-electron chi connectivity index (χ4n) is 2.96. The number of hydrogen-bond acceptors (Lipinski definition) is 5. The van der Waals surface area contributed by atoms with Gasteiger partial charge in [-0.1, -0.05) is 6.07 Å². The number of nitrogens with one attached hydrogen (secondary N) is 1. The number of aromatic nitrogens is 2. The summed E-state index contributed by atoms with van der Waals surface area (Å²) in [5.74, 6) is -2.03. The van der Waals surface area contributed by atoms with Gasteiger partial charge in [0.15, 0.2) is 5.69 Å². The molecule has 3 rings (SSSR count). The molecular weight excluding hydrogens is 356 g/mol. The van der Waals surface area contributed by atoms with Gasteiger partial charge in [-0.05, 0) is 30.4 Å². The third-order valence-electron chi connectivity index (χ3n) is 4.43. The highest BCUT2D eigenvalue weighted by atomic mass is 32.1. The maximum atomic E-state index is 12.5. The van der Waals surface area contributed by atoms with E-state index >= 15 is 0 Å². The van der Waals surface area contributed by atoms with E-state index in [2.05, 4.69) is 10.2 Å². The van der Waals surface area contributed by atoms with Crippen LogP contribution in [0.1, 0.15) is 23.3 Å². The number of carbonyl (C=O) groups is 3. The molecule has 1 unspecified atom stereocenters.